The molecule has 1 N–H and O–H groups in total. The second kappa shape index (κ2) is 5.69. The third-order valence-corrected chi connectivity index (χ3v) is 5.22. The van der Waals surface area contributed by atoms with Crippen molar-refractivity contribution in [2.75, 3.05) is 11.6 Å². The van der Waals surface area contributed by atoms with Crippen LogP contribution in [0.15, 0.2) is 40.7 Å². The number of nitrogens with one attached hydrogen (secondary N) is 1. The minimum Gasteiger partial charge on any atom is -0.328 e. The molecule has 130 valence electrons. The first-order chi connectivity index (χ1) is 11.9. The van der Waals surface area contributed by atoms with Crippen molar-refractivity contribution in [2.24, 2.45) is 5.41 Å². The second-order valence-corrected chi connectivity index (χ2v) is 8.05. The van der Waals surface area contributed by atoms with Gasteiger partial charge in [0.15, 0.2) is 5.78 Å². The quantitative estimate of drug-likeness (QED) is 0.828. The molecule has 1 atom stereocenters. The van der Waals surface area contributed by atoms with Crippen LogP contribution >= 0.6 is 11.8 Å². The van der Waals surface area contributed by atoms with Crippen molar-refractivity contribution in [3.8, 4) is 0 Å². The van der Waals surface area contributed by atoms with Gasteiger partial charge in [-0.15, -0.1) is 5.10 Å². The molecule has 25 heavy (non-hydrogen) atoms. The van der Waals surface area contributed by atoms with Gasteiger partial charge in [0.2, 0.25) is 11.1 Å². The molecule has 0 spiro atoms. The molecule has 0 fully saturated rings. The van der Waals surface area contributed by atoms with Gasteiger partial charge in [-0.3, -0.25) is 4.79 Å². The Morgan fingerprint density at radius 3 is 2.68 bits per heavy atom. The average molecular weight is 358 g/mol. The van der Waals surface area contributed by atoms with Gasteiger partial charge >= 0.3 is 0 Å². The zero-order chi connectivity index (χ0) is 17.8. The van der Waals surface area contributed by atoms with Crippen LogP contribution in [0.1, 0.15) is 38.3 Å². The fraction of sp³-hybridized carbons (Fsp3) is 0.389. The number of ketones is 1. The van der Waals surface area contributed by atoms with Crippen molar-refractivity contribution in [2.45, 2.75) is 37.9 Å². The highest BCUT2D eigenvalue weighted by atomic mass is 32.2. The van der Waals surface area contributed by atoms with Gasteiger partial charge in [0.1, 0.15) is 11.9 Å². The summed E-state index contributed by atoms with van der Waals surface area (Å²) in [6.07, 6.45) is 3.17. The molecule has 4 rings (SSSR count). The zero-order valence-electron chi connectivity index (χ0n) is 14.3. The number of allylic oxidation sites excluding steroid dienone is 2. The number of rotatable bonds is 2. The van der Waals surface area contributed by atoms with Crippen molar-refractivity contribution < 1.29 is 9.18 Å². The van der Waals surface area contributed by atoms with Gasteiger partial charge < -0.3 is 5.32 Å². The molecule has 0 radical (unpaired) electrons. The van der Waals surface area contributed by atoms with Gasteiger partial charge in [-0.25, -0.2) is 9.07 Å². The van der Waals surface area contributed by atoms with Gasteiger partial charge in [0.05, 0.1) is 0 Å². The number of carbonyl (C=O) groups is 1. The molecule has 2 aliphatic rings. The third kappa shape index (κ3) is 2.76. The van der Waals surface area contributed by atoms with Crippen LogP contribution in [-0.4, -0.2) is 26.8 Å². The fourth-order valence-corrected chi connectivity index (χ4v) is 3.98. The predicted molar refractivity (Wildman–Crippen MR) is 95.0 cm³/mol. The molecular formula is C18H19FN4OS. The van der Waals surface area contributed by atoms with E-state index in [1.54, 1.807) is 16.8 Å². The van der Waals surface area contributed by atoms with Gasteiger partial charge in [-0.1, -0.05) is 37.7 Å². The Morgan fingerprint density at radius 2 is 2.00 bits per heavy atom. The number of hydrogen-bond donors (Lipinski definition) is 1. The SMILES string of the molecule is CSc1nc2n(n1)C(c1ccc(F)cc1)C1=C(CC(C)(C)CC1=O)N2. The molecule has 1 aliphatic carbocycles. The monoisotopic (exact) mass is 358 g/mol. The molecule has 2 aromatic rings. The highest BCUT2D eigenvalue weighted by Crippen LogP contribution is 2.45. The lowest BCUT2D eigenvalue weighted by molar-refractivity contribution is -0.118. The standard InChI is InChI=1S/C18H19FN4OS/c1-18(2)8-12-14(13(24)9-18)15(10-4-6-11(19)7-5-10)23-16(20-12)21-17(22-23)25-3/h4-7,15H,8-9H2,1-3H3,(H,20,21,22). The van der Waals surface area contributed by atoms with Gasteiger partial charge in [0.25, 0.3) is 0 Å². The van der Waals surface area contributed by atoms with E-state index in [0.29, 0.717) is 17.5 Å². The van der Waals surface area contributed by atoms with E-state index in [1.807, 2.05) is 6.26 Å². The highest BCUT2D eigenvalue weighted by molar-refractivity contribution is 7.98. The Kier molecular flexibility index (Phi) is 3.72. The molecule has 1 unspecified atom stereocenters. The Bertz CT molecular complexity index is 885. The maximum absolute atomic E-state index is 13.4. The third-order valence-electron chi connectivity index (χ3n) is 4.68. The van der Waals surface area contributed by atoms with Crippen LogP contribution in [0.25, 0.3) is 0 Å². The number of benzene rings is 1. The van der Waals surface area contributed by atoms with Crippen molar-refractivity contribution in [1.29, 1.82) is 0 Å². The van der Waals surface area contributed by atoms with Crippen LogP contribution in [0.5, 0.6) is 0 Å². The first kappa shape index (κ1) is 16.3. The van der Waals surface area contributed by atoms with E-state index < -0.39 is 0 Å². The zero-order valence-corrected chi connectivity index (χ0v) is 15.2. The Labute approximate surface area is 149 Å². The lowest BCUT2D eigenvalue weighted by atomic mass is 9.73. The summed E-state index contributed by atoms with van der Waals surface area (Å²) < 4.78 is 15.1. The molecule has 1 aromatic heterocycles. The first-order valence-electron chi connectivity index (χ1n) is 8.17. The van der Waals surface area contributed by atoms with E-state index in [9.17, 15) is 9.18 Å². The van der Waals surface area contributed by atoms with Gasteiger partial charge in [-0.05, 0) is 35.8 Å². The van der Waals surface area contributed by atoms with Gasteiger partial charge in [-0.2, -0.15) is 4.98 Å². The van der Waals surface area contributed by atoms with Gasteiger partial charge in [0, 0.05) is 17.7 Å². The molecule has 0 saturated carbocycles. The van der Waals surface area contributed by atoms with Crippen LogP contribution in [0.3, 0.4) is 0 Å². The van der Waals surface area contributed by atoms with E-state index in [1.165, 1.54) is 23.9 Å². The minimum atomic E-state index is -0.371. The maximum Gasteiger partial charge on any atom is 0.227 e. The van der Waals surface area contributed by atoms with E-state index in [0.717, 1.165) is 23.3 Å². The van der Waals surface area contributed by atoms with Crippen molar-refractivity contribution in [3.63, 3.8) is 0 Å². The molecule has 5 nitrogen and oxygen atoms in total. The smallest absolute Gasteiger partial charge is 0.227 e. The summed E-state index contributed by atoms with van der Waals surface area (Å²) in [6, 6.07) is 5.89. The molecule has 1 aromatic carbocycles. The number of fused-ring (bicyclic) bond motifs is 1. The number of carbonyl (C=O) groups excluding carboxylic acids is 1. The van der Waals surface area contributed by atoms with Crippen LogP contribution in [-0.2, 0) is 4.79 Å². The van der Waals surface area contributed by atoms with E-state index in [4.69, 9.17) is 0 Å². The lowest BCUT2D eigenvalue weighted by Gasteiger charge is -2.38. The molecule has 2 heterocycles. The fourth-order valence-electron chi connectivity index (χ4n) is 3.63. The summed E-state index contributed by atoms with van der Waals surface area (Å²) in [5, 5.41) is 8.49. The normalized spacial score (nSPS) is 21.6. The molecular weight excluding hydrogens is 339 g/mol. The molecule has 0 bridgehead atoms. The molecule has 0 saturated heterocycles. The number of hydrogen-bond acceptors (Lipinski definition) is 5. The topological polar surface area (TPSA) is 59.8 Å². The minimum absolute atomic E-state index is 0.0964. The van der Waals surface area contributed by atoms with Crippen molar-refractivity contribution >= 4 is 23.5 Å². The average Bonchev–Trinajstić information content (AvgIpc) is 2.95. The summed E-state index contributed by atoms with van der Waals surface area (Å²) in [6.45, 7) is 4.19. The number of nitrogens with zero attached hydrogens (tertiary/aromatic N) is 3. The Hall–Kier alpha value is -2.15. The van der Waals surface area contributed by atoms with E-state index in [2.05, 4.69) is 29.2 Å². The Balaban J connectivity index is 1.90. The van der Waals surface area contributed by atoms with Crippen LogP contribution < -0.4 is 5.32 Å². The number of Topliss-reactive ketones (excluding diaryl/α,β-unsaturated/α-hetero) is 1. The number of halogens is 1. The van der Waals surface area contributed by atoms with Crippen molar-refractivity contribution in [1.82, 2.24) is 14.8 Å². The summed E-state index contributed by atoms with van der Waals surface area (Å²) in [7, 11) is 0. The largest absolute Gasteiger partial charge is 0.328 e. The second-order valence-electron chi connectivity index (χ2n) is 7.28. The summed E-state index contributed by atoms with van der Waals surface area (Å²) in [5.41, 5.74) is 2.36. The van der Waals surface area contributed by atoms with Crippen molar-refractivity contribution in [3.05, 3.63) is 46.9 Å². The maximum atomic E-state index is 13.4. The van der Waals surface area contributed by atoms with Crippen LogP contribution in [0.2, 0.25) is 0 Å². The molecule has 0 amide bonds. The van der Waals surface area contributed by atoms with Crippen LogP contribution in [0, 0.1) is 11.2 Å². The Morgan fingerprint density at radius 1 is 1.28 bits per heavy atom. The predicted octanol–water partition coefficient (Wildman–Crippen LogP) is 3.80. The number of anilines is 1. The lowest BCUT2D eigenvalue weighted by Crippen LogP contribution is -2.36. The highest BCUT2D eigenvalue weighted by Gasteiger charge is 2.41. The number of thioether (sulfide) groups is 1. The first-order valence-corrected chi connectivity index (χ1v) is 9.40. The summed E-state index contributed by atoms with van der Waals surface area (Å²) in [4.78, 5) is 17.5. The molecule has 1 aliphatic heterocycles. The van der Waals surface area contributed by atoms with E-state index in [-0.39, 0.29) is 23.1 Å². The molecule has 7 heteroatoms. The number of aromatic nitrogens is 3. The van der Waals surface area contributed by atoms with Crippen LogP contribution in [0.4, 0.5) is 10.3 Å². The summed E-state index contributed by atoms with van der Waals surface area (Å²) >= 11 is 1.45. The van der Waals surface area contributed by atoms with E-state index >= 15 is 0 Å². The summed E-state index contributed by atoms with van der Waals surface area (Å²) in [5.74, 6) is 0.439.